The Kier molecular flexibility index (Phi) is 6.35. The van der Waals surface area contributed by atoms with Crippen molar-refractivity contribution >= 4 is 24.0 Å². The van der Waals surface area contributed by atoms with Crippen LogP contribution in [0.25, 0.3) is 5.69 Å². The molecule has 1 aliphatic rings. The number of ether oxygens (including phenoxy) is 1. The van der Waals surface area contributed by atoms with Crippen LogP contribution in [0.1, 0.15) is 22.2 Å². The molecule has 9 heteroatoms. The molecule has 0 spiro atoms. The minimum atomic E-state index is -0.369. The standard InChI is InChI=1S/C19H18FN5O2.ClH/c20-14-3-7-16(8-4-14)25-12-17(23-24-25)19(26)22-15-5-1-13(2-6-15)18-11-21-9-10-27-18;/h1-8,12,18,21H,9-11H2,(H,22,26);1H. The number of halogens is 2. The number of benzene rings is 2. The number of aromatic nitrogens is 3. The first-order valence-corrected chi connectivity index (χ1v) is 8.61. The second-order valence-electron chi connectivity index (χ2n) is 6.16. The Morgan fingerprint density at radius 2 is 1.93 bits per heavy atom. The lowest BCUT2D eigenvalue weighted by Crippen LogP contribution is -2.33. The molecule has 1 amide bonds. The Morgan fingerprint density at radius 1 is 1.18 bits per heavy atom. The number of nitrogens with zero attached hydrogens (tertiary/aromatic N) is 3. The van der Waals surface area contributed by atoms with E-state index in [9.17, 15) is 9.18 Å². The number of morpholine rings is 1. The highest BCUT2D eigenvalue weighted by atomic mass is 35.5. The Bertz CT molecular complexity index is 924. The van der Waals surface area contributed by atoms with Crippen molar-refractivity contribution < 1.29 is 13.9 Å². The van der Waals surface area contributed by atoms with Gasteiger partial charge in [0, 0.05) is 18.8 Å². The van der Waals surface area contributed by atoms with Crippen molar-refractivity contribution in [1.29, 1.82) is 0 Å². The van der Waals surface area contributed by atoms with Crippen LogP contribution in [0, 0.1) is 5.82 Å². The van der Waals surface area contributed by atoms with Crippen LogP contribution < -0.4 is 10.6 Å². The van der Waals surface area contributed by atoms with E-state index in [4.69, 9.17) is 4.74 Å². The highest BCUT2D eigenvalue weighted by Crippen LogP contribution is 2.21. The molecule has 1 atom stereocenters. The molecule has 2 aromatic carbocycles. The molecule has 0 bridgehead atoms. The van der Waals surface area contributed by atoms with Crippen LogP contribution in [0.3, 0.4) is 0 Å². The molecule has 1 fully saturated rings. The number of amides is 1. The molecule has 0 saturated carbocycles. The average molecular weight is 404 g/mol. The molecule has 0 aliphatic carbocycles. The Labute approximate surface area is 167 Å². The minimum Gasteiger partial charge on any atom is -0.371 e. The summed E-state index contributed by atoms with van der Waals surface area (Å²) in [5, 5.41) is 13.9. The van der Waals surface area contributed by atoms with Gasteiger partial charge in [0.15, 0.2) is 5.69 Å². The van der Waals surface area contributed by atoms with Gasteiger partial charge in [-0.05, 0) is 42.0 Å². The van der Waals surface area contributed by atoms with Gasteiger partial charge in [-0.15, -0.1) is 17.5 Å². The Hall–Kier alpha value is -2.81. The van der Waals surface area contributed by atoms with E-state index in [0.29, 0.717) is 18.0 Å². The van der Waals surface area contributed by atoms with Gasteiger partial charge in [-0.1, -0.05) is 17.3 Å². The van der Waals surface area contributed by atoms with Gasteiger partial charge in [0.2, 0.25) is 0 Å². The maximum atomic E-state index is 13.0. The molecule has 2 N–H and O–H groups in total. The zero-order valence-corrected chi connectivity index (χ0v) is 15.7. The van der Waals surface area contributed by atoms with Gasteiger partial charge >= 0.3 is 0 Å². The van der Waals surface area contributed by atoms with E-state index < -0.39 is 0 Å². The number of carbonyl (C=O) groups excluding carboxylic acids is 1. The lowest BCUT2D eigenvalue weighted by molar-refractivity contribution is 0.0277. The third-order valence-corrected chi connectivity index (χ3v) is 4.29. The summed E-state index contributed by atoms with van der Waals surface area (Å²) in [6.45, 7) is 2.33. The van der Waals surface area contributed by atoms with Crippen molar-refractivity contribution in [3.05, 3.63) is 71.8 Å². The second kappa shape index (κ2) is 8.92. The summed E-state index contributed by atoms with van der Waals surface area (Å²) in [5.74, 6) is -0.707. The van der Waals surface area contributed by atoms with E-state index in [1.54, 1.807) is 12.1 Å². The summed E-state index contributed by atoms with van der Waals surface area (Å²) in [7, 11) is 0. The smallest absolute Gasteiger partial charge is 0.277 e. The fourth-order valence-corrected chi connectivity index (χ4v) is 2.84. The number of nitrogens with one attached hydrogen (secondary N) is 2. The fraction of sp³-hybridized carbons (Fsp3) is 0.211. The molecule has 28 heavy (non-hydrogen) atoms. The maximum Gasteiger partial charge on any atom is 0.277 e. The number of carbonyl (C=O) groups is 1. The molecular formula is C19H19ClFN5O2. The highest BCUT2D eigenvalue weighted by molar-refractivity contribution is 6.02. The molecule has 1 aliphatic heterocycles. The van der Waals surface area contributed by atoms with Crippen LogP contribution in [-0.4, -0.2) is 40.6 Å². The molecule has 1 aromatic heterocycles. The van der Waals surface area contributed by atoms with Crippen molar-refractivity contribution in [2.75, 3.05) is 25.0 Å². The van der Waals surface area contributed by atoms with Crippen LogP contribution in [0.4, 0.5) is 10.1 Å². The zero-order chi connectivity index (χ0) is 18.6. The number of rotatable bonds is 4. The van der Waals surface area contributed by atoms with Gasteiger partial charge in [0.1, 0.15) is 5.82 Å². The van der Waals surface area contributed by atoms with Crippen molar-refractivity contribution in [1.82, 2.24) is 20.3 Å². The van der Waals surface area contributed by atoms with E-state index >= 15 is 0 Å². The Balaban J connectivity index is 0.00000225. The van der Waals surface area contributed by atoms with E-state index in [1.807, 2.05) is 24.3 Å². The minimum absolute atomic E-state index is 0. The molecular weight excluding hydrogens is 385 g/mol. The summed E-state index contributed by atoms with van der Waals surface area (Å²) < 4.78 is 20.1. The van der Waals surface area contributed by atoms with Gasteiger partial charge in [-0.2, -0.15) is 0 Å². The quantitative estimate of drug-likeness (QED) is 0.700. The van der Waals surface area contributed by atoms with Gasteiger partial charge in [-0.3, -0.25) is 4.79 Å². The van der Waals surface area contributed by atoms with Crippen LogP contribution in [0.2, 0.25) is 0 Å². The molecule has 0 radical (unpaired) electrons. The molecule has 1 unspecified atom stereocenters. The van der Waals surface area contributed by atoms with Crippen LogP contribution in [-0.2, 0) is 4.74 Å². The molecule has 3 aromatic rings. The van der Waals surface area contributed by atoms with E-state index in [-0.39, 0.29) is 35.9 Å². The van der Waals surface area contributed by atoms with Gasteiger partial charge in [0.25, 0.3) is 5.91 Å². The predicted octanol–water partition coefficient (Wildman–Crippen LogP) is 2.74. The number of hydrogen-bond acceptors (Lipinski definition) is 5. The van der Waals surface area contributed by atoms with Crippen LogP contribution in [0.15, 0.2) is 54.7 Å². The largest absolute Gasteiger partial charge is 0.371 e. The third kappa shape index (κ3) is 4.53. The topological polar surface area (TPSA) is 81.1 Å². The summed E-state index contributed by atoms with van der Waals surface area (Å²) in [6, 6.07) is 13.3. The summed E-state index contributed by atoms with van der Waals surface area (Å²) in [5.41, 5.74) is 2.50. The molecule has 146 valence electrons. The molecule has 2 heterocycles. The Morgan fingerprint density at radius 3 is 2.61 bits per heavy atom. The zero-order valence-electron chi connectivity index (χ0n) is 14.8. The lowest BCUT2D eigenvalue weighted by Gasteiger charge is -2.24. The van der Waals surface area contributed by atoms with E-state index in [0.717, 1.165) is 18.7 Å². The molecule has 4 rings (SSSR count). The van der Waals surface area contributed by atoms with Gasteiger partial charge in [0.05, 0.1) is 24.6 Å². The summed E-state index contributed by atoms with van der Waals surface area (Å²) in [6.07, 6.45) is 1.53. The molecule has 7 nitrogen and oxygen atoms in total. The van der Waals surface area contributed by atoms with Gasteiger partial charge < -0.3 is 15.4 Å². The van der Waals surface area contributed by atoms with Crippen LogP contribution in [0.5, 0.6) is 0 Å². The summed E-state index contributed by atoms with van der Waals surface area (Å²) >= 11 is 0. The second-order valence-corrected chi connectivity index (χ2v) is 6.16. The normalized spacial score (nSPS) is 16.2. The first-order chi connectivity index (χ1) is 13.2. The lowest BCUT2D eigenvalue weighted by atomic mass is 10.1. The fourth-order valence-electron chi connectivity index (χ4n) is 2.84. The summed E-state index contributed by atoms with van der Waals surface area (Å²) in [4.78, 5) is 12.4. The first kappa shape index (κ1) is 19.9. The number of anilines is 1. The van der Waals surface area contributed by atoms with Crippen molar-refractivity contribution in [3.8, 4) is 5.69 Å². The van der Waals surface area contributed by atoms with E-state index in [2.05, 4.69) is 20.9 Å². The van der Waals surface area contributed by atoms with Crippen molar-refractivity contribution in [3.63, 3.8) is 0 Å². The number of hydrogen-bond donors (Lipinski definition) is 2. The third-order valence-electron chi connectivity index (χ3n) is 4.29. The van der Waals surface area contributed by atoms with Crippen molar-refractivity contribution in [2.45, 2.75) is 6.10 Å². The monoisotopic (exact) mass is 403 g/mol. The first-order valence-electron chi connectivity index (χ1n) is 8.61. The predicted molar refractivity (Wildman–Crippen MR) is 105 cm³/mol. The van der Waals surface area contributed by atoms with Crippen molar-refractivity contribution in [2.24, 2.45) is 0 Å². The maximum absolute atomic E-state index is 13.0. The van der Waals surface area contributed by atoms with Crippen LogP contribution >= 0.6 is 12.4 Å². The van der Waals surface area contributed by atoms with E-state index in [1.165, 1.54) is 23.0 Å². The SMILES string of the molecule is Cl.O=C(Nc1ccc(C2CNCCO2)cc1)c1cn(-c2ccc(F)cc2)nn1. The molecule has 1 saturated heterocycles. The average Bonchev–Trinajstić information content (AvgIpc) is 3.20. The highest BCUT2D eigenvalue weighted by Gasteiger charge is 2.16. The van der Waals surface area contributed by atoms with Gasteiger partial charge in [-0.25, -0.2) is 9.07 Å².